The van der Waals surface area contributed by atoms with Gasteiger partial charge in [0.05, 0.1) is 18.4 Å². The standard InChI is InChI=1S/C12H13NO4/c1-12(2)11(15)17-9-5-4-7(10(14)16-3)6-8(9)13-12/h4-6,13H,1-3H3. The van der Waals surface area contributed by atoms with Crippen LogP contribution in [0.3, 0.4) is 0 Å². The molecule has 1 N–H and O–H groups in total. The van der Waals surface area contributed by atoms with Gasteiger partial charge in [-0.05, 0) is 32.0 Å². The summed E-state index contributed by atoms with van der Waals surface area (Å²) in [4.78, 5) is 22.9. The molecule has 0 fully saturated rings. The second-order valence-electron chi connectivity index (χ2n) is 4.34. The molecule has 0 radical (unpaired) electrons. The molecule has 1 aliphatic rings. The van der Waals surface area contributed by atoms with Crippen LogP contribution in [0.25, 0.3) is 0 Å². The van der Waals surface area contributed by atoms with Crippen LogP contribution in [0.4, 0.5) is 5.69 Å². The molecule has 90 valence electrons. The van der Waals surface area contributed by atoms with Crippen molar-refractivity contribution < 1.29 is 19.1 Å². The van der Waals surface area contributed by atoms with Crippen LogP contribution < -0.4 is 10.1 Å². The highest BCUT2D eigenvalue weighted by atomic mass is 16.5. The van der Waals surface area contributed by atoms with Crippen LogP contribution in [-0.4, -0.2) is 24.6 Å². The minimum Gasteiger partial charge on any atom is -0.465 e. The van der Waals surface area contributed by atoms with Gasteiger partial charge in [-0.3, -0.25) is 0 Å². The molecule has 2 rings (SSSR count). The molecule has 1 aromatic rings. The predicted octanol–water partition coefficient (Wildman–Crippen LogP) is 1.58. The van der Waals surface area contributed by atoms with Crippen molar-refractivity contribution in [2.75, 3.05) is 12.4 Å². The van der Waals surface area contributed by atoms with Gasteiger partial charge in [-0.2, -0.15) is 0 Å². The van der Waals surface area contributed by atoms with Crippen LogP contribution in [0.2, 0.25) is 0 Å². The molecule has 0 spiro atoms. The summed E-state index contributed by atoms with van der Waals surface area (Å²) in [6.45, 7) is 3.42. The molecule has 5 heteroatoms. The molecule has 0 bridgehead atoms. The first-order valence-corrected chi connectivity index (χ1v) is 5.17. The number of hydrogen-bond donors (Lipinski definition) is 1. The number of anilines is 1. The molecular formula is C12H13NO4. The highest BCUT2D eigenvalue weighted by Gasteiger charge is 2.35. The molecular weight excluding hydrogens is 222 g/mol. The van der Waals surface area contributed by atoms with E-state index in [0.717, 1.165) is 0 Å². The SMILES string of the molecule is COC(=O)c1ccc2c(c1)NC(C)(C)C(=O)O2. The van der Waals surface area contributed by atoms with Gasteiger partial charge in [-0.1, -0.05) is 0 Å². The topological polar surface area (TPSA) is 64.6 Å². The van der Waals surface area contributed by atoms with Crippen molar-refractivity contribution in [2.24, 2.45) is 0 Å². The molecule has 5 nitrogen and oxygen atoms in total. The summed E-state index contributed by atoms with van der Waals surface area (Å²) in [6.07, 6.45) is 0. The van der Waals surface area contributed by atoms with E-state index in [9.17, 15) is 9.59 Å². The molecule has 1 heterocycles. The first kappa shape index (κ1) is 11.4. The number of nitrogens with one attached hydrogen (secondary N) is 1. The van der Waals surface area contributed by atoms with E-state index in [4.69, 9.17) is 4.74 Å². The molecule has 0 saturated heterocycles. The zero-order valence-corrected chi connectivity index (χ0v) is 9.87. The summed E-state index contributed by atoms with van der Waals surface area (Å²) in [5, 5.41) is 3.02. The number of ether oxygens (including phenoxy) is 2. The summed E-state index contributed by atoms with van der Waals surface area (Å²) in [6, 6.07) is 4.73. The van der Waals surface area contributed by atoms with Crippen LogP contribution in [0, 0.1) is 0 Å². The average Bonchev–Trinajstić information content (AvgIpc) is 2.28. The third-order valence-corrected chi connectivity index (χ3v) is 2.56. The zero-order valence-electron chi connectivity index (χ0n) is 9.87. The second-order valence-corrected chi connectivity index (χ2v) is 4.34. The molecule has 0 aliphatic carbocycles. The van der Waals surface area contributed by atoms with E-state index in [-0.39, 0.29) is 5.97 Å². The second kappa shape index (κ2) is 3.76. The summed E-state index contributed by atoms with van der Waals surface area (Å²) in [5.41, 5.74) is 0.215. The fourth-order valence-electron chi connectivity index (χ4n) is 1.58. The predicted molar refractivity (Wildman–Crippen MR) is 61.1 cm³/mol. The molecule has 0 amide bonds. The van der Waals surface area contributed by atoms with E-state index < -0.39 is 11.5 Å². The van der Waals surface area contributed by atoms with Gasteiger partial charge >= 0.3 is 11.9 Å². The molecule has 0 aromatic heterocycles. The maximum absolute atomic E-state index is 11.6. The lowest BCUT2D eigenvalue weighted by Crippen LogP contribution is -2.46. The Bertz CT molecular complexity index is 493. The largest absolute Gasteiger partial charge is 0.465 e. The number of carbonyl (C=O) groups excluding carboxylic acids is 2. The van der Waals surface area contributed by atoms with Crippen molar-refractivity contribution in [2.45, 2.75) is 19.4 Å². The van der Waals surface area contributed by atoms with Crippen LogP contribution in [-0.2, 0) is 9.53 Å². The Hall–Kier alpha value is -2.04. The number of rotatable bonds is 1. The molecule has 0 unspecified atom stereocenters. The summed E-state index contributed by atoms with van der Waals surface area (Å²) in [5.74, 6) is -0.359. The molecule has 17 heavy (non-hydrogen) atoms. The number of carbonyl (C=O) groups is 2. The minimum absolute atomic E-state index is 0.351. The number of benzene rings is 1. The van der Waals surface area contributed by atoms with Gasteiger partial charge < -0.3 is 14.8 Å². The Morgan fingerprint density at radius 2 is 2.12 bits per heavy atom. The Kier molecular flexibility index (Phi) is 2.53. The van der Waals surface area contributed by atoms with Gasteiger partial charge in [-0.25, -0.2) is 9.59 Å². The van der Waals surface area contributed by atoms with Gasteiger partial charge in [0.1, 0.15) is 5.54 Å². The Morgan fingerprint density at radius 3 is 2.76 bits per heavy atom. The Balaban J connectivity index is 2.41. The van der Waals surface area contributed by atoms with E-state index in [1.807, 2.05) is 0 Å². The summed E-state index contributed by atoms with van der Waals surface area (Å²) >= 11 is 0. The fraction of sp³-hybridized carbons (Fsp3) is 0.333. The van der Waals surface area contributed by atoms with Crippen LogP contribution in [0.1, 0.15) is 24.2 Å². The van der Waals surface area contributed by atoms with Gasteiger partial charge in [-0.15, -0.1) is 0 Å². The van der Waals surface area contributed by atoms with Crippen molar-refractivity contribution in [1.29, 1.82) is 0 Å². The lowest BCUT2D eigenvalue weighted by molar-refractivity contribution is -0.139. The normalized spacial score (nSPS) is 16.5. The molecule has 1 aliphatic heterocycles. The minimum atomic E-state index is -0.804. The van der Waals surface area contributed by atoms with Crippen molar-refractivity contribution in [3.8, 4) is 5.75 Å². The lowest BCUT2D eigenvalue weighted by atomic mass is 10.0. The number of fused-ring (bicyclic) bond motifs is 1. The number of methoxy groups -OCH3 is 1. The van der Waals surface area contributed by atoms with Crippen LogP contribution in [0.15, 0.2) is 18.2 Å². The van der Waals surface area contributed by atoms with Gasteiger partial charge in [0.25, 0.3) is 0 Å². The summed E-state index contributed by atoms with van der Waals surface area (Å²) in [7, 11) is 1.32. The van der Waals surface area contributed by atoms with Crippen molar-refractivity contribution in [3.63, 3.8) is 0 Å². The highest BCUT2D eigenvalue weighted by Crippen LogP contribution is 2.33. The van der Waals surface area contributed by atoms with Crippen molar-refractivity contribution >= 4 is 17.6 Å². The zero-order chi connectivity index (χ0) is 12.6. The van der Waals surface area contributed by atoms with E-state index in [0.29, 0.717) is 17.0 Å². The van der Waals surface area contributed by atoms with Crippen LogP contribution in [0.5, 0.6) is 5.75 Å². The monoisotopic (exact) mass is 235 g/mol. The first-order valence-electron chi connectivity index (χ1n) is 5.17. The highest BCUT2D eigenvalue weighted by molar-refractivity contribution is 5.94. The molecule has 1 aromatic carbocycles. The smallest absolute Gasteiger partial charge is 0.337 e. The van der Waals surface area contributed by atoms with Crippen molar-refractivity contribution in [1.82, 2.24) is 0 Å². The van der Waals surface area contributed by atoms with E-state index in [1.54, 1.807) is 32.0 Å². The van der Waals surface area contributed by atoms with E-state index >= 15 is 0 Å². The Morgan fingerprint density at radius 1 is 1.41 bits per heavy atom. The third-order valence-electron chi connectivity index (χ3n) is 2.56. The molecule has 0 saturated carbocycles. The lowest BCUT2D eigenvalue weighted by Gasteiger charge is -2.31. The number of hydrogen-bond acceptors (Lipinski definition) is 5. The average molecular weight is 235 g/mol. The van der Waals surface area contributed by atoms with Crippen molar-refractivity contribution in [3.05, 3.63) is 23.8 Å². The van der Waals surface area contributed by atoms with Gasteiger partial charge in [0.15, 0.2) is 5.75 Å². The number of esters is 2. The first-order chi connectivity index (χ1) is 7.94. The van der Waals surface area contributed by atoms with E-state index in [2.05, 4.69) is 10.1 Å². The van der Waals surface area contributed by atoms with Gasteiger partial charge in [0.2, 0.25) is 0 Å². The van der Waals surface area contributed by atoms with E-state index in [1.165, 1.54) is 7.11 Å². The maximum atomic E-state index is 11.6. The third kappa shape index (κ3) is 1.95. The van der Waals surface area contributed by atoms with Gasteiger partial charge in [0, 0.05) is 0 Å². The molecule has 0 atom stereocenters. The maximum Gasteiger partial charge on any atom is 0.337 e. The quantitative estimate of drug-likeness (QED) is 0.591. The fourth-order valence-corrected chi connectivity index (χ4v) is 1.58. The Labute approximate surface area is 98.7 Å². The van der Waals surface area contributed by atoms with Crippen LogP contribution >= 0.6 is 0 Å². The summed E-state index contributed by atoms with van der Waals surface area (Å²) < 4.78 is 9.79.